The zero-order chi connectivity index (χ0) is 9.61. The maximum atomic E-state index is 10.4. The summed E-state index contributed by atoms with van der Waals surface area (Å²) in [5.41, 5.74) is 0. The van der Waals surface area contributed by atoms with Crippen molar-refractivity contribution in [3.63, 3.8) is 0 Å². The van der Waals surface area contributed by atoms with Gasteiger partial charge in [0.05, 0.1) is 5.75 Å². The summed E-state index contributed by atoms with van der Waals surface area (Å²) < 4.78 is 29.2. The molecule has 0 saturated heterocycles. The SMILES string of the molecule is CCCN(CC)CCS(=O)(=O)O. The third-order valence-electron chi connectivity index (χ3n) is 1.65. The summed E-state index contributed by atoms with van der Waals surface area (Å²) in [4.78, 5) is 1.99. The Labute approximate surface area is 74.3 Å². The molecule has 0 aliphatic carbocycles. The van der Waals surface area contributed by atoms with Gasteiger partial charge in [0.25, 0.3) is 10.1 Å². The Bertz CT molecular complexity index is 201. The highest BCUT2D eigenvalue weighted by atomic mass is 32.2. The Morgan fingerprint density at radius 1 is 1.25 bits per heavy atom. The molecule has 0 rings (SSSR count). The third kappa shape index (κ3) is 6.57. The second kappa shape index (κ2) is 5.50. The van der Waals surface area contributed by atoms with Gasteiger partial charge in [-0.25, -0.2) is 0 Å². The molecule has 0 bridgehead atoms. The smallest absolute Gasteiger partial charge is 0.266 e. The summed E-state index contributed by atoms with van der Waals surface area (Å²) in [6.45, 7) is 6.13. The van der Waals surface area contributed by atoms with Crippen molar-refractivity contribution >= 4 is 10.1 Å². The quantitative estimate of drug-likeness (QED) is 0.631. The first-order valence-electron chi connectivity index (χ1n) is 4.17. The molecule has 0 saturated carbocycles. The van der Waals surface area contributed by atoms with Gasteiger partial charge in [-0.05, 0) is 19.5 Å². The van der Waals surface area contributed by atoms with Crippen LogP contribution in [0.15, 0.2) is 0 Å². The van der Waals surface area contributed by atoms with Crippen molar-refractivity contribution in [1.82, 2.24) is 4.90 Å². The highest BCUT2D eigenvalue weighted by Gasteiger charge is 2.07. The monoisotopic (exact) mass is 195 g/mol. The van der Waals surface area contributed by atoms with Crippen LogP contribution in [0.3, 0.4) is 0 Å². The lowest BCUT2D eigenvalue weighted by Crippen LogP contribution is -2.29. The first-order valence-corrected chi connectivity index (χ1v) is 5.78. The normalized spacial score (nSPS) is 12.3. The van der Waals surface area contributed by atoms with Gasteiger partial charge in [-0.1, -0.05) is 13.8 Å². The van der Waals surface area contributed by atoms with E-state index in [1.54, 1.807) is 0 Å². The van der Waals surface area contributed by atoms with Crippen LogP contribution in [0, 0.1) is 0 Å². The molecule has 12 heavy (non-hydrogen) atoms. The molecule has 0 aromatic heterocycles. The molecule has 0 radical (unpaired) electrons. The zero-order valence-electron chi connectivity index (χ0n) is 7.65. The third-order valence-corrected chi connectivity index (χ3v) is 2.35. The lowest BCUT2D eigenvalue weighted by molar-refractivity contribution is 0.302. The van der Waals surface area contributed by atoms with Gasteiger partial charge in [0.2, 0.25) is 0 Å². The fourth-order valence-corrected chi connectivity index (χ4v) is 1.48. The topological polar surface area (TPSA) is 57.6 Å². The Kier molecular flexibility index (Phi) is 5.44. The molecule has 0 spiro atoms. The average Bonchev–Trinajstić information content (AvgIpc) is 1.96. The molecule has 0 aromatic carbocycles. The van der Waals surface area contributed by atoms with Gasteiger partial charge in [0, 0.05) is 6.54 Å². The number of hydrogen-bond donors (Lipinski definition) is 1. The second-order valence-corrected chi connectivity index (χ2v) is 4.29. The van der Waals surface area contributed by atoms with Gasteiger partial charge in [0.1, 0.15) is 0 Å². The minimum absolute atomic E-state index is 0.166. The highest BCUT2D eigenvalue weighted by Crippen LogP contribution is 1.92. The summed E-state index contributed by atoms with van der Waals surface area (Å²) in [7, 11) is -3.79. The molecule has 0 aliphatic rings. The van der Waals surface area contributed by atoms with Crippen molar-refractivity contribution in [2.24, 2.45) is 0 Å². The van der Waals surface area contributed by atoms with Gasteiger partial charge in [-0.2, -0.15) is 8.42 Å². The van der Waals surface area contributed by atoms with E-state index in [1.807, 2.05) is 18.7 Å². The molecule has 5 heteroatoms. The van der Waals surface area contributed by atoms with E-state index in [2.05, 4.69) is 0 Å². The van der Waals surface area contributed by atoms with Crippen LogP contribution in [-0.4, -0.2) is 43.3 Å². The van der Waals surface area contributed by atoms with E-state index in [9.17, 15) is 8.42 Å². The van der Waals surface area contributed by atoms with Crippen LogP contribution in [0.4, 0.5) is 0 Å². The minimum Gasteiger partial charge on any atom is -0.303 e. The lowest BCUT2D eigenvalue weighted by atomic mass is 10.4. The van der Waals surface area contributed by atoms with E-state index in [-0.39, 0.29) is 5.75 Å². The molecular weight excluding hydrogens is 178 g/mol. The zero-order valence-corrected chi connectivity index (χ0v) is 8.47. The Morgan fingerprint density at radius 3 is 2.17 bits per heavy atom. The van der Waals surface area contributed by atoms with Crippen molar-refractivity contribution in [2.75, 3.05) is 25.4 Å². The van der Waals surface area contributed by atoms with Crippen LogP contribution in [0.1, 0.15) is 20.3 Å². The minimum atomic E-state index is -3.79. The maximum Gasteiger partial charge on any atom is 0.266 e. The van der Waals surface area contributed by atoms with Crippen LogP contribution in [0.2, 0.25) is 0 Å². The largest absolute Gasteiger partial charge is 0.303 e. The van der Waals surface area contributed by atoms with Crippen molar-refractivity contribution < 1.29 is 13.0 Å². The van der Waals surface area contributed by atoms with Crippen molar-refractivity contribution in [2.45, 2.75) is 20.3 Å². The fourth-order valence-electron chi connectivity index (χ4n) is 0.989. The molecule has 0 fully saturated rings. The van der Waals surface area contributed by atoms with Crippen LogP contribution < -0.4 is 0 Å². The average molecular weight is 195 g/mol. The predicted molar refractivity (Wildman–Crippen MR) is 48.8 cm³/mol. The lowest BCUT2D eigenvalue weighted by Gasteiger charge is -2.17. The molecule has 0 amide bonds. The molecular formula is C7H17NO3S. The maximum absolute atomic E-state index is 10.4. The second-order valence-electron chi connectivity index (χ2n) is 2.72. The summed E-state index contributed by atoms with van der Waals surface area (Å²) in [6.07, 6.45) is 0.999. The van der Waals surface area contributed by atoms with Gasteiger partial charge in [-0.3, -0.25) is 4.55 Å². The molecule has 74 valence electrons. The van der Waals surface area contributed by atoms with Crippen molar-refractivity contribution in [3.8, 4) is 0 Å². The number of rotatable bonds is 6. The molecule has 0 aromatic rings. The number of nitrogens with zero attached hydrogens (tertiary/aromatic N) is 1. The molecule has 4 nitrogen and oxygen atoms in total. The molecule has 1 N–H and O–H groups in total. The van der Waals surface area contributed by atoms with Gasteiger partial charge >= 0.3 is 0 Å². The molecule has 0 atom stereocenters. The van der Waals surface area contributed by atoms with Gasteiger partial charge in [0.15, 0.2) is 0 Å². The van der Waals surface area contributed by atoms with E-state index in [0.29, 0.717) is 6.54 Å². The molecule has 0 heterocycles. The van der Waals surface area contributed by atoms with Crippen LogP contribution in [-0.2, 0) is 10.1 Å². The van der Waals surface area contributed by atoms with Gasteiger partial charge in [-0.15, -0.1) is 0 Å². The van der Waals surface area contributed by atoms with Gasteiger partial charge < -0.3 is 4.90 Å². The van der Waals surface area contributed by atoms with E-state index in [1.165, 1.54) is 0 Å². The number of hydrogen-bond acceptors (Lipinski definition) is 3. The summed E-state index contributed by atoms with van der Waals surface area (Å²) in [6, 6.07) is 0. The molecule has 0 unspecified atom stereocenters. The van der Waals surface area contributed by atoms with E-state index in [0.717, 1.165) is 19.5 Å². The van der Waals surface area contributed by atoms with Crippen molar-refractivity contribution in [1.29, 1.82) is 0 Å². The summed E-state index contributed by atoms with van der Waals surface area (Å²) in [5, 5.41) is 0. The van der Waals surface area contributed by atoms with E-state index < -0.39 is 10.1 Å². The highest BCUT2D eigenvalue weighted by molar-refractivity contribution is 7.85. The predicted octanol–water partition coefficient (Wildman–Crippen LogP) is 0.606. The Balaban J connectivity index is 3.73. The summed E-state index contributed by atoms with van der Waals surface area (Å²) >= 11 is 0. The van der Waals surface area contributed by atoms with Crippen LogP contribution >= 0.6 is 0 Å². The Morgan fingerprint density at radius 2 is 1.83 bits per heavy atom. The fraction of sp³-hybridized carbons (Fsp3) is 1.00. The van der Waals surface area contributed by atoms with E-state index in [4.69, 9.17) is 4.55 Å². The van der Waals surface area contributed by atoms with Crippen molar-refractivity contribution in [3.05, 3.63) is 0 Å². The standard InChI is InChI=1S/C7H17NO3S/c1-3-5-8(4-2)6-7-12(9,10)11/h3-7H2,1-2H3,(H,9,10,11). The van der Waals surface area contributed by atoms with Crippen LogP contribution in [0.5, 0.6) is 0 Å². The molecule has 0 aliphatic heterocycles. The van der Waals surface area contributed by atoms with Crippen LogP contribution in [0.25, 0.3) is 0 Å². The first-order chi connectivity index (χ1) is 5.49. The summed E-state index contributed by atoms with van der Waals surface area (Å²) in [5.74, 6) is -0.166. The first kappa shape index (κ1) is 11.9. The van der Waals surface area contributed by atoms with E-state index >= 15 is 0 Å². The Hall–Kier alpha value is -0.130.